The Kier molecular flexibility index (Phi) is 4.08. The van der Waals surface area contributed by atoms with E-state index < -0.39 is 5.60 Å². The van der Waals surface area contributed by atoms with E-state index in [0.29, 0.717) is 17.5 Å². The number of nitrogens with zero attached hydrogens (tertiary/aromatic N) is 2. The molecule has 5 heteroatoms. The van der Waals surface area contributed by atoms with Gasteiger partial charge in [-0.25, -0.2) is 9.18 Å². The maximum absolute atomic E-state index is 14.3. The number of rotatable bonds is 1. The summed E-state index contributed by atoms with van der Waals surface area (Å²) in [4.78, 5) is 14.2. The molecule has 2 aliphatic heterocycles. The number of amides is 1. The number of benzene rings is 1. The van der Waals surface area contributed by atoms with Gasteiger partial charge >= 0.3 is 6.09 Å². The van der Waals surface area contributed by atoms with Gasteiger partial charge in [0.25, 0.3) is 0 Å². The van der Waals surface area contributed by atoms with Crippen LogP contribution in [0.1, 0.15) is 51.2 Å². The molecule has 0 spiro atoms. The van der Waals surface area contributed by atoms with Crippen molar-refractivity contribution in [2.75, 3.05) is 0 Å². The minimum absolute atomic E-state index is 0.0416. The van der Waals surface area contributed by atoms with Crippen LogP contribution >= 0.6 is 0 Å². The van der Waals surface area contributed by atoms with Gasteiger partial charge in [0.2, 0.25) is 0 Å². The van der Waals surface area contributed by atoms with Gasteiger partial charge in [0.05, 0.1) is 17.7 Å². The van der Waals surface area contributed by atoms with Crippen molar-refractivity contribution >= 4 is 11.7 Å². The van der Waals surface area contributed by atoms with Crippen molar-refractivity contribution in [3.8, 4) is 6.07 Å². The Morgan fingerprint density at radius 3 is 2.71 bits per heavy atom. The maximum atomic E-state index is 14.3. The first kappa shape index (κ1) is 16.5. The van der Waals surface area contributed by atoms with Crippen LogP contribution in [-0.4, -0.2) is 28.7 Å². The molecule has 3 rings (SSSR count). The van der Waals surface area contributed by atoms with Crippen LogP contribution in [-0.2, 0) is 4.74 Å². The molecule has 2 aliphatic rings. The van der Waals surface area contributed by atoms with Crippen molar-refractivity contribution in [3.05, 3.63) is 41.2 Å². The van der Waals surface area contributed by atoms with E-state index in [1.165, 1.54) is 6.07 Å². The predicted octanol–water partition coefficient (Wildman–Crippen LogP) is 4.25. The molecule has 0 aliphatic carbocycles. The number of carbonyl (C=O) groups excluding carboxylic acids is 1. The van der Waals surface area contributed by atoms with E-state index in [9.17, 15) is 9.18 Å². The summed E-state index contributed by atoms with van der Waals surface area (Å²) in [6, 6.07) is 6.48. The van der Waals surface area contributed by atoms with Crippen LogP contribution in [0.15, 0.2) is 24.3 Å². The molecule has 1 fully saturated rings. The highest BCUT2D eigenvalue weighted by Gasteiger charge is 2.41. The predicted molar refractivity (Wildman–Crippen MR) is 88.6 cm³/mol. The Labute approximate surface area is 141 Å². The van der Waals surface area contributed by atoms with Crippen molar-refractivity contribution in [3.63, 3.8) is 0 Å². The minimum Gasteiger partial charge on any atom is -0.444 e. The molecule has 0 saturated carbocycles. The number of halogens is 1. The second-order valence-electron chi connectivity index (χ2n) is 7.39. The van der Waals surface area contributed by atoms with Crippen molar-refractivity contribution in [1.82, 2.24) is 4.90 Å². The van der Waals surface area contributed by atoms with Gasteiger partial charge in [-0.3, -0.25) is 4.90 Å². The van der Waals surface area contributed by atoms with Gasteiger partial charge in [-0.15, -0.1) is 0 Å². The first-order valence-corrected chi connectivity index (χ1v) is 8.20. The molecule has 1 aromatic carbocycles. The van der Waals surface area contributed by atoms with E-state index >= 15 is 0 Å². The molecule has 0 aromatic heterocycles. The largest absolute Gasteiger partial charge is 0.444 e. The molecule has 2 bridgehead atoms. The Morgan fingerprint density at radius 1 is 1.38 bits per heavy atom. The zero-order valence-corrected chi connectivity index (χ0v) is 14.2. The van der Waals surface area contributed by atoms with Crippen molar-refractivity contribution in [2.45, 2.75) is 57.7 Å². The van der Waals surface area contributed by atoms with E-state index in [0.717, 1.165) is 18.4 Å². The molecule has 2 unspecified atom stereocenters. The first-order chi connectivity index (χ1) is 11.3. The van der Waals surface area contributed by atoms with E-state index in [2.05, 4.69) is 0 Å². The van der Waals surface area contributed by atoms with Gasteiger partial charge < -0.3 is 4.74 Å². The highest BCUT2D eigenvalue weighted by atomic mass is 19.1. The van der Waals surface area contributed by atoms with E-state index in [-0.39, 0.29) is 24.0 Å². The Bertz CT molecular complexity index is 743. The van der Waals surface area contributed by atoms with Crippen LogP contribution in [0, 0.1) is 17.1 Å². The topological polar surface area (TPSA) is 53.3 Å². The fraction of sp³-hybridized carbons (Fsp3) is 0.474. The molecule has 24 heavy (non-hydrogen) atoms. The number of carbonyl (C=O) groups is 1. The summed E-state index contributed by atoms with van der Waals surface area (Å²) in [7, 11) is 0. The highest BCUT2D eigenvalue weighted by Crippen LogP contribution is 2.40. The lowest BCUT2D eigenvalue weighted by atomic mass is 9.94. The Balaban J connectivity index is 1.85. The molecule has 4 nitrogen and oxygen atoms in total. The van der Waals surface area contributed by atoms with Crippen molar-refractivity contribution in [1.29, 1.82) is 5.26 Å². The number of ether oxygens (including phenoxy) is 1. The smallest absolute Gasteiger partial charge is 0.411 e. The molecular formula is C19H21FN2O2. The van der Waals surface area contributed by atoms with Gasteiger partial charge in [-0.2, -0.15) is 5.26 Å². The molecule has 2 atom stereocenters. The Morgan fingerprint density at radius 2 is 2.12 bits per heavy atom. The maximum Gasteiger partial charge on any atom is 0.411 e. The van der Waals surface area contributed by atoms with Crippen LogP contribution in [0.2, 0.25) is 0 Å². The highest BCUT2D eigenvalue weighted by molar-refractivity contribution is 5.75. The lowest BCUT2D eigenvalue weighted by molar-refractivity contribution is 0.0175. The summed E-state index contributed by atoms with van der Waals surface area (Å²) in [6.07, 6.45) is 4.04. The summed E-state index contributed by atoms with van der Waals surface area (Å²) in [5.74, 6) is -0.384. The molecule has 1 saturated heterocycles. The third-order valence-corrected chi connectivity index (χ3v) is 4.44. The molecule has 126 valence electrons. The SMILES string of the molecule is CC(C)(C)OC(=O)N1C2C=C(c3ccc(C#N)cc3F)CC1CC2. The number of hydrogen-bond donors (Lipinski definition) is 0. The molecule has 0 N–H and O–H groups in total. The van der Waals surface area contributed by atoms with E-state index in [1.54, 1.807) is 17.0 Å². The number of nitriles is 1. The van der Waals surface area contributed by atoms with Gasteiger partial charge in [-0.1, -0.05) is 12.1 Å². The third kappa shape index (κ3) is 3.14. The second-order valence-corrected chi connectivity index (χ2v) is 7.39. The summed E-state index contributed by atoms with van der Waals surface area (Å²) in [5.41, 5.74) is 1.21. The van der Waals surface area contributed by atoms with Crippen LogP contribution in [0.5, 0.6) is 0 Å². The third-order valence-electron chi connectivity index (χ3n) is 4.44. The zero-order chi connectivity index (χ0) is 17.5. The van der Waals surface area contributed by atoms with Gasteiger partial charge in [0.15, 0.2) is 0 Å². The van der Waals surface area contributed by atoms with Crippen molar-refractivity contribution < 1.29 is 13.9 Å². The Hall–Kier alpha value is -2.35. The molecule has 2 heterocycles. The summed E-state index contributed by atoms with van der Waals surface area (Å²) in [6.45, 7) is 5.55. The molecule has 0 radical (unpaired) electrons. The second kappa shape index (κ2) is 5.94. The lowest BCUT2D eigenvalue weighted by Gasteiger charge is -2.35. The van der Waals surface area contributed by atoms with Crippen molar-refractivity contribution in [2.24, 2.45) is 0 Å². The van der Waals surface area contributed by atoms with Crippen LogP contribution in [0.3, 0.4) is 0 Å². The minimum atomic E-state index is -0.528. The van der Waals surface area contributed by atoms with Crippen LogP contribution in [0.25, 0.3) is 5.57 Å². The molecule has 1 amide bonds. The lowest BCUT2D eigenvalue weighted by Crippen LogP contribution is -2.45. The molecule has 1 aromatic rings. The summed E-state index contributed by atoms with van der Waals surface area (Å²) < 4.78 is 19.8. The zero-order valence-electron chi connectivity index (χ0n) is 14.2. The fourth-order valence-electron chi connectivity index (χ4n) is 3.47. The summed E-state index contributed by atoms with van der Waals surface area (Å²) in [5, 5.41) is 8.86. The van der Waals surface area contributed by atoms with Crippen LogP contribution in [0.4, 0.5) is 9.18 Å². The van der Waals surface area contributed by atoms with E-state index in [1.807, 2.05) is 32.9 Å². The average molecular weight is 328 g/mol. The normalized spacial score (nSPS) is 22.8. The summed E-state index contributed by atoms with van der Waals surface area (Å²) >= 11 is 0. The number of fused-ring (bicyclic) bond motifs is 2. The standard InChI is InChI=1S/C19H21FN2O2/c1-19(2,3)24-18(23)22-14-5-6-15(22)10-13(9-14)16-7-4-12(11-21)8-17(16)20/h4,7-9,14-15H,5-6,10H2,1-3H3. The van der Waals surface area contributed by atoms with Gasteiger partial charge in [0, 0.05) is 11.6 Å². The molecular weight excluding hydrogens is 307 g/mol. The average Bonchev–Trinajstić information content (AvgIpc) is 2.76. The fourth-order valence-corrected chi connectivity index (χ4v) is 3.47. The number of hydrogen-bond acceptors (Lipinski definition) is 3. The monoisotopic (exact) mass is 328 g/mol. The van der Waals surface area contributed by atoms with Crippen LogP contribution < -0.4 is 0 Å². The van der Waals surface area contributed by atoms with E-state index in [4.69, 9.17) is 10.00 Å². The first-order valence-electron chi connectivity index (χ1n) is 8.20. The van der Waals surface area contributed by atoms with Gasteiger partial charge in [0.1, 0.15) is 11.4 Å². The van der Waals surface area contributed by atoms with Gasteiger partial charge in [-0.05, 0) is 57.7 Å². The quantitative estimate of drug-likeness (QED) is 0.774.